The van der Waals surface area contributed by atoms with E-state index in [0.29, 0.717) is 0 Å². The van der Waals surface area contributed by atoms with Crippen molar-refractivity contribution in [2.75, 3.05) is 13.2 Å². The Hall–Kier alpha value is -0.570. The quantitative estimate of drug-likeness (QED) is 0.413. The number of aromatic nitrogens is 2. The molecule has 5 N–H and O–H groups in total. The predicted octanol–water partition coefficient (Wildman–Crippen LogP) is -0.538. The molecule has 0 unspecified atom stereocenters. The molecule has 0 aliphatic carbocycles. The Kier molecular flexibility index (Phi) is 5.29. The van der Waals surface area contributed by atoms with Gasteiger partial charge in [0.15, 0.2) is 0 Å². The molecule has 0 saturated carbocycles. The molecule has 0 saturated heterocycles. The van der Waals surface area contributed by atoms with Gasteiger partial charge in [0.1, 0.15) is 0 Å². The summed E-state index contributed by atoms with van der Waals surface area (Å²) in [6.45, 7) is 0.370. The van der Waals surface area contributed by atoms with Crippen LogP contribution in [0.2, 0.25) is 0 Å². The molecule has 1 rings (SSSR count). The molecule has 0 bridgehead atoms. The van der Waals surface area contributed by atoms with E-state index in [1.165, 1.54) is 12.5 Å². The zero-order chi connectivity index (χ0) is 15.6. The van der Waals surface area contributed by atoms with Crippen LogP contribution < -0.4 is 0 Å². The number of hydrogen-bond donors (Lipinski definition) is 5. The van der Waals surface area contributed by atoms with E-state index in [1.807, 2.05) is 0 Å². The largest absolute Gasteiger partial charge is 0.375 e. The summed E-state index contributed by atoms with van der Waals surface area (Å²) in [5.74, 6) is 0. The van der Waals surface area contributed by atoms with Crippen molar-refractivity contribution >= 4 is 15.2 Å². The van der Waals surface area contributed by atoms with Crippen molar-refractivity contribution in [1.82, 2.24) is 9.55 Å². The van der Waals surface area contributed by atoms with Crippen LogP contribution in [0.25, 0.3) is 0 Å². The summed E-state index contributed by atoms with van der Waals surface area (Å²) >= 11 is 0. The molecule has 20 heavy (non-hydrogen) atoms. The van der Waals surface area contributed by atoms with E-state index in [2.05, 4.69) is 4.98 Å². The molecule has 0 spiro atoms. The molecule has 1 heterocycles. The van der Waals surface area contributed by atoms with E-state index in [-0.39, 0.29) is 12.6 Å². The van der Waals surface area contributed by atoms with E-state index < -0.39 is 26.9 Å². The summed E-state index contributed by atoms with van der Waals surface area (Å²) in [6.07, 6.45) is 4.61. The smallest absolute Gasteiger partial charge is 0.371 e. The molecule has 0 aromatic carbocycles. The molecule has 1 aromatic heterocycles. The summed E-state index contributed by atoms with van der Waals surface area (Å²) in [6, 6.07) is -0.296. The minimum absolute atomic E-state index is 0.126. The number of aliphatic hydroxyl groups is 1. The van der Waals surface area contributed by atoms with E-state index in [0.717, 1.165) is 0 Å². The van der Waals surface area contributed by atoms with Gasteiger partial charge in [-0.15, -0.1) is 0 Å². The van der Waals surface area contributed by atoms with Gasteiger partial charge in [0.05, 0.1) is 25.6 Å². The zero-order valence-electron chi connectivity index (χ0n) is 10.5. The van der Waals surface area contributed by atoms with Gasteiger partial charge in [-0.3, -0.25) is 9.13 Å². The highest BCUT2D eigenvalue weighted by molar-refractivity contribution is 7.72. The Morgan fingerprint density at radius 3 is 2.25 bits per heavy atom. The van der Waals surface area contributed by atoms with Crippen LogP contribution in [0.15, 0.2) is 18.7 Å². The van der Waals surface area contributed by atoms with Gasteiger partial charge in [0, 0.05) is 12.4 Å². The third-order valence-corrected chi connectivity index (χ3v) is 6.31. The zero-order valence-corrected chi connectivity index (χ0v) is 12.3. The highest BCUT2D eigenvalue weighted by atomic mass is 31.2. The van der Waals surface area contributed by atoms with Crippen LogP contribution in [0.3, 0.4) is 0 Å². The van der Waals surface area contributed by atoms with E-state index in [1.54, 1.807) is 17.7 Å². The van der Waals surface area contributed by atoms with E-state index in [4.69, 9.17) is 24.3 Å². The lowest BCUT2D eigenvalue weighted by Gasteiger charge is -2.29. The third kappa shape index (κ3) is 3.75. The fourth-order valence-corrected chi connectivity index (χ4v) is 3.20. The summed E-state index contributed by atoms with van der Waals surface area (Å²) < 4.78 is 28.6. The second-order valence-electron chi connectivity index (χ2n) is 4.24. The topological polar surface area (TPSA) is 162 Å². The average Bonchev–Trinajstić information content (AvgIpc) is 2.78. The number of ether oxygens (including phenoxy) is 1. The van der Waals surface area contributed by atoms with Crippen molar-refractivity contribution in [3.8, 4) is 0 Å². The van der Waals surface area contributed by atoms with Crippen LogP contribution in [0.1, 0.15) is 13.0 Å². The van der Waals surface area contributed by atoms with Crippen LogP contribution in [0.4, 0.5) is 0 Å². The number of rotatable bonds is 7. The third-order valence-electron chi connectivity index (χ3n) is 2.62. The van der Waals surface area contributed by atoms with Crippen molar-refractivity contribution in [2.24, 2.45) is 0 Å². The SMILES string of the molecule is C[C@@H](COCC(O)(P(=O)(O)O)P(=O)(O)O)n1ccnc1. The molecular weight excluding hydrogens is 314 g/mol. The lowest BCUT2D eigenvalue weighted by atomic mass is 10.4. The minimum atomic E-state index is -5.48. The van der Waals surface area contributed by atoms with Gasteiger partial charge >= 0.3 is 15.2 Å². The molecule has 10 nitrogen and oxygen atoms in total. The summed E-state index contributed by atoms with van der Waals surface area (Å²) in [5.41, 5.74) is 0. The average molecular weight is 330 g/mol. The van der Waals surface area contributed by atoms with E-state index >= 15 is 0 Å². The first-order chi connectivity index (χ1) is 8.99. The normalized spacial score (nSPS) is 15.3. The molecule has 116 valence electrons. The lowest BCUT2D eigenvalue weighted by Crippen LogP contribution is -2.35. The summed E-state index contributed by atoms with van der Waals surface area (Å²) in [4.78, 5) is 39.4. The predicted molar refractivity (Wildman–Crippen MR) is 66.8 cm³/mol. The van der Waals surface area contributed by atoms with Gasteiger partial charge in [-0.05, 0) is 6.92 Å². The van der Waals surface area contributed by atoms with Crippen molar-refractivity contribution in [2.45, 2.75) is 18.0 Å². The Morgan fingerprint density at radius 2 is 1.85 bits per heavy atom. The monoisotopic (exact) mass is 330 g/mol. The number of hydrogen-bond acceptors (Lipinski definition) is 5. The van der Waals surface area contributed by atoms with Crippen molar-refractivity contribution in [1.29, 1.82) is 0 Å². The number of nitrogens with zero attached hydrogens (tertiary/aromatic N) is 2. The van der Waals surface area contributed by atoms with Crippen LogP contribution in [0, 0.1) is 0 Å². The van der Waals surface area contributed by atoms with Gasteiger partial charge in [0.25, 0.3) is 5.08 Å². The maximum absolute atomic E-state index is 11.1. The van der Waals surface area contributed by atoms with E-state index in [9.17, 15) is 14.2 Å². The van der Waals surface area contributed by atoms with Crippen LogP contribution in [-0.4, -0.2) is 52.5 Å². The first-order valence-electron chi connectivity index (χ1n) is 5.38. The standard InChI is InChI=1S/C8H16N2O8P2/c1-7(10-3-2-9-6-10)4-18-5-8(11,19(12,13)14)20(15,16)17/h2-3,6-7,11H,4-5H2,1H3,(H2,12,13,14)(H2,15,16,17)/t7-/m0/s1. The maximum atomic E-state index is 11.1. The van der Waals surface area contributed by atoms with Gasteiger partial charge in [0.2, 0.25) is 0 Å². The van der Waals surface area contributed by atoms with Crippen molar-refractivity contribution in [3.05, 3.63) is 18.7 Å². The second kappa shape index (κ2) is 6.05. The molecule has 0 fully saturated rings. The number of imidazole rings is 1. The van der Waals surface area contributed by atoms with Gasteiger partial charge in [-0.2, -0.15) is 0 Å². The Morgan fingerprint density at radius 1 is 1.30 bits per heavy atom. The molecule has 0 amide bonds. The Bertz CT molecular complexity index is 499. The molecule has 1 atom stereocenters. The van der Waals surface area contributed by atoms with Crippen LogP contribution >= 0.6 is 15.2 Å². The van der Waals surface area contributed by atoms with Gasteiger partial charge in [-0.25, -0.2) is 4.98 Å². The van der Waals surface area contributed by atoms with Crippen molar-refractivity contribution in [3.63, 3.8) is 0 Å². The molecule has 0 aliphatic rings. The minimum Gasteiger partial charge on any atom is -0.375 e. The van der Waals surface area contributed by atoms with Gasteiger partial charge in [-0.1, -0.05) is 0 Å². The first-order valence-corrected chi connectivity index (χ1v) is 8.60. The molecular formula is C8H16N2O8P2. The lowest BCUT2D eigenvalue weighted by molar-refractivity contribution is 0.0153. The molecule has 0 radical (unpaired) electrons. The Labute approximate surface area is 114 Å². The first kappa shape index (κ1) is 17.5. The fourth-order valence-electron chi connectivity index (χ4n) is 1.32. The van der Waals surface area contributed by atoms with Crippen LogP contribution in [0.5, 0.6) is 0 Å². The van der Waals surface area contributed by atoms with Crippen LogP contribution in [-0.2, 0) is 13.9 Å². The molecule has 1 aromatic rings. The van der Waals surface area contributed by atoms with Gasteiger partial charge < -0.3 is 34.0 Å². The highest BCUT2D eigenvalue weighted by Gasteiger charge is 2.59. The highest BCUT2D eigenvalue weighted by Crippen LogP contribution is 2.67. The molecule has 12 heteroatoms. The summed E-state index contributed by atoms with van der Waals surface area (Å²) in [5, 5.41) is 6.01. The molecule has 0 aliphatic heterocycles. The summed E-state index contributed by atoms with van der Waals surface area (Å²) in [7, 11) is -11.0. The second-order valence-corrected chi connectivity index (χ2v) is 8.25. The fraction of sp³-hybridized carbons (Fsp3) is 0.625. The maximum Gasteiger partial charge on any atom is 0.371 e. The van der Waals surface area contributed by atoms with Crippen molar-refractivity contribution < 1.29 is 38.5 Å². The Balaban J connectivity index is 2.70.